The molecule has 1 saturated heterocycles. The Morgan fingerprint density at radius 3 is 2.88 bits per heavy atom. The van der Waals surface area contributed by atoms with Gasteiger partial charge in [0.15, 0.2) is 5.78 Å². The number of ketones is 1. The highest BCUT2D eigenvalue weighted by Crippen LogP contribution is 2.52. The molecule has 2 aliphatic rings. The molecule has 0 saturated carbocycles. The lowest BCUT2D eigenvalue weighted by Gasteiger charge is -2.51. The van der Waals surface area contributed by atoms with Gasteiger partial charge >= 0.3 is 0 Å². The number of rotatable bonds is 1. The number of allylic oxidation sites excluding steroid dienone is 1. The number of hydrogen-bond donors (Lipinski definition) is 1. The van der Waals surface area contributed by atoms with E-state index in [1.807, 2.05) is 19.9 Å². The van der Waals surface area contributed by atoms with Crippen LogP contribution in [0.25, 0.3) is 0 Å². The molecule has 92 valence electrons. The van der Waals surface area contributed by atoms with Crippen LogP contribution in [0.15, 0.2) is 11.6 Å². The summed E-state index contributed by atoms with van der Waals surface area (Å²) in [6.07, 6.45) is 3.94. The van der Waals surface area contributed by atoms with Gasteiger partial charge in [0, 0.05) is 17.4 Å². The number of carbonyl (C=O) groups is 1. The van der Waals surface area contributed by atoms with Crippen molar-refractivity contribution in [1.82, 2.24) is 5.32 Å². The monoisotopic (exact) mass is 232 g/mol. The van der Waals surface area contributed by atoms with Crippen molar-refractivity contribution < 1.29 is 4.79 Å². The van der Waals surface area contributed by atoms with E-state index in [2.05, 4.69) is 18.3 Å². The molecule has 0 radical (unpaired) electrons. The van der Waals surface area contributed by atoms with E-state index in [1.54, 1.807) is 0 Å². The summed E-state index contributed by atoms with van der Waals surface area (Å²) >= 11 is 0. The molecule has 1 aliphatic carbocycles. The first kappa shape index (κ1) is 12.3. The van der Waals surface area contributed by atoms with E-state index in [-0.39, 0.29) is 11.2 Å². The van der Waals surface area contributed by atoms with Gasteiger partial charge < -0.3 is 5.32 Å². The molecule has 0 spiro atoms. The van der Waals surface area contributed by atoms with Crippen LogP contribution in [0, 0.1) is 28.1 Å². The average molecular weight is 232 g/mol. The highest BCUT2D eigenvalue weighted by molar-refractivity contribution is 6.04. The Bertz CT molecular complexity index is 416. The number of hydrogen-bond acceptors (Lipinski definition) is 3. The minimum absolute atomic E-state index is 0.0132. The molecule has 1 unspecified atom stereocenters. The number of Topliss-reactive ketones (excluding diaryl/α,β-unsaturated/α-hetero) is 1. The Morgan fingerprint density at radius 2 is 2.29 bits per heavy atom. The summed E-state index contributed by atoms with van der Waals surface area (Å²) in [7, 11) is 0. The minimum atomic E-state index is -0.405. The molecule has 0 amide bonds. The molecule has 3 nitrogen and oxygen atoms in total. The molecule has 1 fully saturated rings. The number of nitrogens with one attached hydrogen (secondary N) is 1. The second-order valence-electron chi connectivity index (χ2n) is 5.83. The van der Waals surface area contributed by atoms with Crippen LogP contribution in [-0.2, 0) is 4.79 Å². The Morgan fingerprint density at radius 1 is 1.59 bits per heavy atom. The Balaban J connectivity index is 2.56. The summed E-state index contributed by atoms with van der Waals surface area (Å²) in [5, 5.41) is 12.5. The van der Waals surface area contributed by atoms with Gasteiger partial charge in [0.25, 0.3) is 0 Å². The SMILES string of the molecule is CCC12C=C(C#N)C(=O)C(C)(C)[C@@H]1CCNC2. The molecular formula is C14H20N2O. The van der Waals surface area contributed by atoms with Crippen molar-refractivity contribution in [3.05, 3.63) is 11.6 Å². The largest absolute Gasteiger partial charge is 0.316 e. The molecule has 0 bridgehead atoms. The van der Waals surface area contributed by atoms with Crippen molar-refractivity contribution in [2.24, 2.45) is 16.7 Å². The van der Waals surface area contributed by atoms with Crippen molar-refractivity contribution >= 4 is 5.78 Å². The fraction of sp³-hybridized carbons (Fsp3) is 0.714. The van der Waals surface area contributed by atoms with Gasteiger partial charge in [0.05, 0.1) is 5.57 Å². The van der Waals surface area contributed by atoms with Gasteiger partial charge in [-0.1, -0.05) is 26.8 Å². The lowest BCUT2D eigenvalue weighted by molar-refractivity contribution is -0.131. The van der Waals surface area contributed by atoms with Crippen molar-refractivity contribution in [2.75, 3.05) is 13.1 Å². The number of fused-ring (bicyclic) bond motifs is 1. The molecule has 1 aliphatic heterocycles. The second-order valence-corrected chi connectivity index (χ2v) is 5.83. The summed E-state index contributed by atoms with van der Waals surface area (Å²) in [5.41, 5.74) is -0.0599. The van der Waals surface area contributed by atoms with Gasteiger partial charge in [-0.3, -0.25) is 4.79 Å². The van der Waals surface area contributed by atoms with Crippen LogP contribution in [0.3, 0.4) is 0 Å². The smallest absolute Gasteiger partial charge is 0.178 e. The maximum Gasteiger partial charge on any atom is 0.178 e. The quantitative estimate of drug-likeness (QED) is 0.752. The molecule has 0 aromatic carbocycles. The van der Waals surface area contributed by atoms with E-state index in [0.717, 1.165) is 25.9 Å². The van der Waals surface area contributed by atoms with Crippen LogP contribution < -0.4 is 5.32 Å². The topological polar surface area (TPSA) is 52.9 Å². The lowest BCUT2D eigenvalue weighted by Crippen LogP contribution is -2.55. The third kappa shape index (κ3) is 1.63. The lowest BCUT2D eigenvalue weighted by atomic mass is 9.53. The molecule has 1 N–H and O–H groups in total. The summed E-state index contributed by atoms with van der Waals surface area (Å²) in [5.74, 6) is 0.377. The number of nitrogens with zero attached hydrogens (tertiary/aromatic N) is 1. The average Bonchev–Trinajstić information content (AvgIpc) is 2.34. The maximum absolute atomic E-state index is 12.3. The summed E-state index contributed by atoms with van der Waals surface area (Å²) in [4.78, 5) is 12.3. The van der Waals surface area contributed by atoms with Crippen LogP contribution in [0.1, 0.15) is 33.6 Å². The fourth-order valence-corrected chi connectivity index (χ4v) is 3.62. The predicted octanol–water partition coefficient (Wildman–Crippen LogP) is 2.05. The van der Waals surface area contributed by atoms with E-state index in [0.29, 0.717) is 11.5 Å². The zero-order valence-corrected chi connectivity index (χ0v) is 10.8. The molecule has 1 heterocycles. The molecule has 2 atom stereocenters. The summed E-state index contributed by atoms with van der Waals surface area (Å²) < 4.78 is 0. The van der Waals surface area contributed by atoms with Crippen LogP contribution in [0.5, 0.6) is 0 Å². The van der Waals surface area contributed by atoms with Gasteiger partial charge in [-0.05, 0) is 25.3 Å². The van der Waals surface area contributed by atoms with Crippen LogP contribution in [0.2, 0.25) is 0 Å². The van der Waals surface area contributed by atoms with Crippen molar-refractivity contribution in [1.29, 1.82) is 5.26 Å². The van der Waals surface area contributed by atoms with Gasteiger partial charge in [-0.15, -0.1) is 0 Å². The number of piperidine rings is 1. The maximum atomic E-state index is 12.3. The predicted molar refractivity (Wildman–Crippen MR) is 66.2 cm³/mol. The highest BCUT2D eigenvalue weighted by Gasteiger charge is 2.53. The third-order valence-corrected chi connectivity index (χ3v) is 4.67. The fourth-order valence-electron chi connectivity index (χ4n) is 3.62. The molecule has 2 rings (SSSR count). The first-order valence-electron chi connectivity index (χ1n) is 6.36. The van der Waals surface area contributed by atoms with Crippen LogP contribution >= 0.6 is 0 Å². The Hall–Kier alpha value is -1.14. The Kier molecular flexibility index (Phi) is 2.87. The molecule has 3 heteroatoms. The normalized spacial score (nSPS) is 35.8. The van der Waals surface area contributed by atoms with E-state index < -0.39 is 5.41 Å². The molecule has 0 aromatic heterocycles. The number of carbonyl (C=O) groups excluding carboxylic acids is 1. The molecular weight excluding hydrogens is 212 g/mol. The van der Waals surface area contributed by atoms with E-state index >= 15 is 0 Å². The van der Waals surface area contributed by atoms with Gasteiger partial charge in [0.2, 0.25) is 0 Å². The standard InChI is InChI=1S/C14H20N2O/c1-4-14-7-10(8-15)12(17)13(2,3)11(14)5-6-16-9-14/h7,11,16H,4-6,9H2,1-3H3/t11-,14?/m0/s1. The minimum Gasteiger partial charge on any atom is -0.316 e. The van der Waals surface area contributed by atoms with E-state index in [9.17, 15) is 4.79 Å². The highest BCUT2D eigenvalue weighted by atomic mass is 16.1. The van der Waals surface area contributed by atoms with Gasteiger partial charge in [-0.25, -0.2) is 0 Å². The zero-order valence-electron chi connectivity index (χ0n) is 10.8. The van der Waals surface area contributed by atoms with Gasteiger partial charge in [-0.2, -0.15) is 5.26 Å². The Labute approximate surface area is 103 Å². The first-order valence-corrected chi connectivity index (χ1v) is 6.36. The van der Waals surface area contributed by atoms with E-state index in [4.69, 9.17) is 5.26 Å². The number of nitriles is 1. The molecule has 17 heavy (non-hydrogen) atoms. The van der Waals surface area contributed by atoms with Gasteiger partial charge in [0.1, 0.15) is 6.07 Å². The zero-order chi connectivity index (χ0) is 12.7. The van der Waals surface area contributed by atoms with E-state index in [1.165, 1.54) is 0 Å². The summed E-state index contributed by atoms with van der Waals surface area (Å²) in [6, 6.07) is 2.09. The second kappa shape index (κ2) is 3.96. The summed E-state index contributed by atoms with van der Waals surface area (Å²) in [6.45, 7) is 8.01. The first-order chi connectivity index (χ1) is 7.98. The van der Waals surface area contributed by atoms with Crippen molar-refractivity contribution in [2.45, 2.75) is 33.6 Å². The van der Waals surface area contributed by atoms with Crippen LogP contribution in [-0.4, -0.2) is 18.9 Å². The van der Waals surface area contributed by atoms with Crippen molar-refractivity contribution in [3.8, 4) is 6.07 Å². The molecule has 0 aromatic rings. The van der Waals surface area contributed by atoms with Crippen molar-refractivity contribution in [3.63, 3.8) is 0 Å². The third-order valence-electron chi connectivity index (χ3n) is 4.67. The van der Waals surface area contributed by atoms with Crippen LogP contribution in [0.4, 0.5) is 0 Å².